The van der Waals surface area contributed by atoms with E-state index in [4.69, 9.17) is 11.5 Å². The van der Waals surface area contributed by atoms with Gasteiger partial charge in [0.25, 0.3) is 0 Å². The van der Waals surface area contributed by atoms with Gasteiger partial charge in [0, 0.05) is 16.8 Å². The van der Waals surface area contributed by atoms with Gasteiger partial charge in [0.05, 0.1) is 21.4 Å². The monoisotopic (exact) mass is 306 g/mol. The second-order valence-corrected chi connectivity index (χ2v) is 6.12. The van der Waals surface area contributed by atoms with Crippen molar-refractivity contribution in [2.45, 2.75) is 17.6 Å². The van der Waals surface area contributed by atoms with E-state index >= 15 is 0 Å². The highest BCUT2D eigenvalue weighted by atomic mass is 32.2. The number of hydrogen-bond acceptors (Lipinski definition) is 3. The zero-order chi connectivity index (χ0) is 15.6. The Labute approximate surface area is 124 Å². The van der Waals surface area contributed by atoms with E-state index in [0.29, 0.717) is 10.6 Å². The van der Waals surface area contributed by atoms with Gasteiger partial charge in [-0.15, -0.1) is 0 Å². The second-order valence-electron chi connectivity index (χ2n) is 4.70. The van der Waals surface area contributed by atoms with Crippen LogP contribution in [0.2, 0.25) is 0 Å². The van der Waals surface area contributed by atoms with Crippen LogP contribution in [0.1, 0.15) is 21.5 Å². The minimum atomic E-state index is -1.50. The minimum Gasteiger partial charge on any atom is -0.398 e. The summed E-state index contributed by atoms with van der Waals surface area (Å²) in [6.45, 7) is 1.87. The molecule has 0 saturated carbocycles. The smallest absolute Gasteiger partial charge is 0.248 e. The number of carbonyl (C=O) groups is 1. The Hall–Kier alpha value is -2.21. The number of carbonyl (C=O) groups excluding carboxylic acids is 1. The van der Waals surface area contributed by atoms with Gasteiger partial charge in [-0.2, -0.15) is 0 Å². The number of amides is 1. The van der Waals surface area contributed by atoms with Gasteiger partial charge in [0.15, 0.2) is 0 Å². The third-order valence-electron chi connectivity index (χ3n) is 3.03. The maximum absolute atomic E-state index is 13.8. The first-order valence-electron chi connectivity index (χ1n) is 6.21. The number of primary amides is 1. The van der Waals surface area contributed by atoms with E-state index in [2.05, 4.69) is 0 Å². The zero-order valence-electron chi connectivity index (χ0n) is 11.4. The van der Waals surface area contributed by atoms with E-state index in [0.717, 1.165) is 11.6 Å². The van der Waals surface area contributed by atoms with Gasteiger partial charge in [-0.05, 0) is 42.8 Å². The minimum absolute atomic E-state index is 0.0692. The molecule has 0 bridgehead atoms. The molecule has 0 radical (unpaired) electrons. The lowest BCUT2D eigenvalue weighted by Crippen LogP contribution is -2.12. The quantitative estimate of drug-likeness (QED) is 0.848. The van der Waals surface area contributed by atoms with Crippen LogP contribution in [-0.4, -0.2) is 10.1 Å². The molecule has 1 unspecified atom stereocenters. The van der Waals surface area contributed by atoms with Crippen molar-refractivity contribution in [3.8, 4) is 0 Å². The van der Waals surface area contributed by atoms with Gasteiger partial charge in [0.2, 0.25) is 5.91 Å². The number of halogens is 1. The first-order chi connectivity index (χ1) is 9.88. The molecular weight excluding hydrogens is 291 g/mol. The summed E-state index contributed by atoms with van der Waals surface area (Å²) in [5, 5.41) is 0. The summed E-state index contributed by atoms with van der Waals surface area (Å²) >= 11 is 0. The maximum Gasteiger partial charge on any atom is 0.248 e. The van der Waals surface area contributed by atoms with Gasteiger partial charge >= 0.3 is 0 Å². The molecule has 0 spiro atoms. The van der Waals surface area contributed by atoms with Crippen molar-refractivity contribution >= 4 is 22.4 Å². The van der Waals surface area contributed by atoms with E-state index in [1.54, 1.807) is 18.2 Å². The largest absolute Gasteiger partial charge is 0.398 e. The maximum atomic E-state index is 13.8. The molecule has 0 aliphatic rings. The molecule has 1 atom stereocenters. The Morgan fingerprint density at radius 2 is 1.95 bits per heavy atom. The highest BCUT2D eigenvalue weighted by Gasteiger charge is 2.13. The van der Waals surface area contributed by atoms with E-state index in [9.17, 15) is 13.4 Å². The highest BCUT2D eigenvalue weighted by Crippen LogP contribution is 2.22. The van der Waals surface area contributed by atoms with Crippen LogP contribution >= 0.6 is 0 Å². The van der Waals surface area contributed by atoms with Crippen LogP contribution in [0.15, 0.2) is 41.3 Å². The summed E-state index contributed by atoms with van der Waals surface area (Å²) in [6, 6.07) is 8.93. The Morgan fingerprint density at radius 3 is 2.57 bits per heavy atom. The average Bonchev–Trinajstić information content (AvgIpc) is 2.40. The van der Waals surface area contributed by atoms with Gasteiger partial charge in [-0.25, -0.2) is 4.39 Å². The average molecular weight is 306 g/mol. The first-order valence-corrected chi connectivity index (χ1v) is 7.53. The van der Waals surface area contributed by atoms with E-state index in [-0.39, 0.29) is 16.9 Å². The molecule has 0 fully saturated rings. The molecule has 0 saturated heterocycles. The van der Waals surface area contributed by atoms with Crippen LogP contribution in [-0.2, 0) is 16.6 Å². The fourth-order valence-electron chi connectivity index (χ4n) is 1.93. The van der Waals surface area contributed by atoms with Crippen LogP contribution in [0.3, 0.4) is 0 Å². The molecule has 0 aliphatic carbocycles. The van der Waals surface area contributed by atoms with E-state index in [1.807, 2.05) is 6.92 Å². The van der Waals surface area contributed by atoms with Crippen LogP contribution in [0.5, 0.6) is 0 Å². The predicted molar refractivity (Wildman–Crippen MR) is 80.6 cm³/mol. The zero-order valence-corrected chi connectivity index (χ0v) is 12.2. The summed E-state index contributed by atoms with van der Waals surface area (Å²) in [4.78, 5) is 11.6. The van der Waals surface area contributed by atoms with Crippen LogP contribution in [0, 0.1) is 12.7 Å². The van der Waals surface area contributed by atoms with Gasteiger partial charge in [0.1, 0.15) is 5.82 Å². The normalized spacial score (nSPS) is 12.1. The number of nitrogens with two attached hydrogens (primary N) is 2. The lowest BCUT2D eigenvalue weighted by atomic mass is 10.1. The van der Waals surface area contributed by atoms with E-state index < -0.39 is 22.5 Å². The summed E-state index contributed by atoms with van der Waals surface area (Å²) in [6.07, 6.45) is 0. The summed E-state index contributed by atoms with van der Waals surface area (Å²) in [5.74, 6) is -1.25. The van der Waals surface area contributed by atoms with Crippen molar-refractivity contribution in [2.24, 2.45) is 5.73 Å². The van der Waals surface area contributed by atoms with Gasteiger partial charge < -0.3 is 11.5 Å². The molecule has 0 heterocycles. The first kappa shape index (κ1) is 15.2. The third kappa shape index (κ3) is 3.46. The molecule has 110 valence electrons. The van der Waals surface area contributed by atoms with Crippen LogP contribution in [0.4, 0.5) is 10.1 Å². The summed E-state index contributed by atoms with van der Waals surface area (Å²) in [7, 11) is -1.50. The molecule has 6 heteroatoms. The standard InChI is InChI=1S/C15H15FN2O2S/c1-9-2-5-14(13(17)6-9)21(20)8-11-7-10(15(18)19)3-4-12(11)16/h2-7H,8,17H2,1H3,(H2,18,19). The molecule has 2 rings (SSSR count). The molecule has 2 aromatic carbocycles. The van der Waals surface area contributed by atoms with Crippen molar-refractivity contribution < 1.29 is 13.4 Å². The van der Waals surface area contributed by atoms with E-state index in [1.165, 1.54) is 12.1 Å². The number of hydrogen-bond donors (Lipinski definition) is 2. The fraction of sp³-hybridized carbons (Fsp3) is 0.133. The lowest BCUT2D eigenvalue weighted by Gasteiger charge is -2.08. The Balaban J connectivity index is 2.31. The Kier molecular flexibility index (Phi) is 4.37. The molecule has 2 aromatic rings. The van der Waals surface area contributed by atoms with Gasteiger partial charge in [-0.1, -0.05) is 6.07 Å². The van der Waals surface area contributed by atoms with Crippen molar-refractivity contribution in [2.75, 3.05) is 5.73 Å². The van der Waals surface area contributed by atoms with Gasteiger partial charge in [-0.3, -0.25) is 9.00 Å². The fourth-order valence-corrected chi connectivity index (χ4v) is 3.13. The lowest BCUT2D eigenvalue weighted by molar-refractivity contribution is 0.1000. The van der Waals surface area contributed by atoms with Crippen LogP contribution < -0.4 is 11.5 Å². The van der Waals surface area contributed by atoms with Crippen molar-refractivity contribution in [3.63, 3.8) is 0 Å². The predicted octanol–water partition coefficient (Wildman–Crippen LogP) is 2.12. The molecule has 0 aliphatic heterocycles. The second kappa shape index (κ2) is 6.05. The molecular formula is C15H15FN2O2S. The SMILES string of the molecule is Cc1ccc(S(=O)Cc2cc(C(N)=O)ccc2F)c(N)c1. The third-order valence-corrected chi connectivity index (χ3v) is 4.46. The topological polar surface area (TPSA) is 86.2 Å². The summed E-state index contributed by atoms with van der Waals surface area (Å²) in [5.41, 5.74) is 12.7. The molecule has 0 aromatic heterocycles. The Morgan fingerprint density at radius 1 is 1.24 bits per heavy atom. The highest BCUT2D eigenvalue weighted by molar-refractivity contribution is 7.84. The molecule has 4 N–H and O–H groups in total. The van der Waals surface area contributed by atoms with Crippen LogP contribution in [0.25, 0.3) is 0 Å². The van der Waals surface area contributed by atoms with Crippen molar-refractivity contribution in [3.05, 3.63) is 58.9 Å². The number of aryl methyl sites for hydroxylation is 1. The number of anilines is 1. The molecule has 21 heavy (non-hydrogen) atoms. The molecule has 1 amide bonds. The summed E-state index contributed by atoms with van der Waals surface area (Å²) < 4.78 is 26.1. The Bertz CT molecular complexity index is 732. The molecule has 4 nitrogen and oxygen atoms in total. The number of nitrogen functional groups attached to an aromatic ring is 1. The number of benzene rings is 2. The van der Waals surface area contributed by atoms with Crippen molar-refractivity contribution in [1.82, 2.24) is 0 Å². The van der Waals surface area contributed by atoms with Crippen molar-refractivity contribution in [1.29, 1.82) is 0 Å². The number of rotatable bonds is 4.